The van der Waals surface area contributed by atoms with E-state index in [2.05, 4.69) is 21.7 Å². The largest absolute Gasteiger partial charge is 0.477 e. The zero-order chi connectivity index (χ0) is 22.8. The van der Waals surface area contributed by atoms with Crippen LogP contribution in [0.25, 0.3) is 16.9 Å². The van der Waals surface area contributed by atoms with Crippen LogP contribution in [0.3, 0.4) is 0 Å². The number of nitrogens with one attached hydrogen (secondary N) is 2. The normalized spacial score (nSPS) is 20.4. The summed E-state index contributed by atoms with van der Waals surface area (Å²) in [5.41, 5.74) is 6.45. The molecule has 7 nitrogen and oxygen atoms in total. The number of pyridine rings is 2. The number of benzene rings is 1. The second kappa shape index (κ2) is 7.48. The van der Waals surface area contributed by atoms with Crippen LogP contribution in [0.5, 0.6) is 5.88 Å². The second-order valence-electron chi connectivity index (χ2n) is 8.84. The highest BCUT2D eigenvalue weighted by atomic mass is 32.1. The Morgan fingerprint density at radius 2 is 2.09 bits per heavy atom. The monoisotopic (exact) mass is 473 g/mol. The van der Waals surface area contributed by atoms with Crippen LogP contribution in [0.2, 0.25) is 0 Å². The van der Waals surface area contributed by atoms with Crippen molar-refractivity contribution in [2.75, 3.05) is 25.1 Å². The van der Waals surface area contributed by atoms with E-state index in [1.54, 1.807) is 12.4 Å². The molecule has 6 heterocycles. The van der Waals surface area contributed by atoms with Crippen molar-refractivity contribution in [3.63, 3.8) is 0 Å². The molecule has 0 bridgehead atoms. The minimum Gasteiger partial charge on any atom is -0.477 e. The molecule has 3 aliphatic heterocycles. The molecule has 9 heteroatoms. The standard InChI is InChI=1S/C25H20FN5O2S/c26-14-5-6-31-20(9-27-22(31)7-14)15-1-3-19(23-17(15)8-28-25(23)34)29-21-4-2-16-18-12-32-10-13(18)11-33-24(16)30-21/h1-7,9,13,18H,8,10-12H2,(H,28,34)(H,29,30)/t13-,18-/m1/s1. The van der Waals surface area contributed by atoms with Crippen molar-refractivity contribution in [1.82, 2.24) is 19.7 Å². The molecule has 1 fully saturated rings. The van der Waals surface area contributed by atoms with Gasteiger partial charge in [0, 0.05) is 47.3 Å². The zero-order valence-corrected chi connectivity index (χ0v) is 18.9. The number of imidazole rings is 1. The highest BCUT2D eigenvalue weighted by Crippen LogP contribution is 2.41. The molecule has 1 aromatic carbocycles. The second-order valence-corrected chi connectivity index (χ2v) is 9.25. The number of hydrogen-bond acceptors (Lipinski definition) is 6. The highest BCUT2D eigenvalue weighted by molar-refractivity contribution is 7.80. The maximum Gasteiger partial charge on any atom is 0.218 e. The van der Waals surface area contributed by atoms with Crippen LogP contribution in [0.4, 0.5) is 15.9 Å². The Labute approximate surface area is 199 Å². The molecular formula is C25H20FN5O2S. The Morgan fingerprint density at radius 3 is 3.03 bits per heavy atom. The van der Waals surface area contributed by atoms with Crippen LogP contribution in [-0.4, -0.2) is 39.2 Å². The molecule has 0 amide bonds. The van der Waals surface area contributed by atoms with E-state index in [0.717, 1.165) is 46.8 Å². The fraction of sp³-hybridized carbons (Fsp3) is 0.240. The van der Waals surface area contributed by atoms with Gasteiger partial charge in [-0.3, -0.25) is 4.40 Å². The molecule has 2 atom stereocenters. The highest BCUT2D eigenvalue weighted by Gasteiger charge is 2.36. The number of fused-ring (bicyclic) bond motifs is 5. The summed E-state index contributed by atoms with van der Waals surface area (Å²) in [5, 5.41) is 6.73. The molecule has 34 heavy (non-hydrogen) atoms. The number of aromatic nitrogens is 3. The Hall–Kier alpha value is -3.56. The van der Waals surface area contributed by atoms with Crippen LogP contribution >= 0.6 is 12.2 Å². The third-order valence-electron chi connectivity index (χ3n) is 6.90. The van der Waals surface area contributed by atoms with E-state index in [1.165, 1.54) is 12.1 Å². The van der Waals surface area contributed by atoms with Crippen LogP contribution in [0, 0.1) is 11.7 Å². The predicted molar refractivity (Wildman–Crippen MR) is 129 cm³/mol. The Kier molecular flexibility index (Phi) is 4.37. The van der Waals surface area contributed by atoms with E-state index in [-0.39, 0.29) is 5.82 Å². The molecule has 0 unspecified atom stereocenters. The van der Waals surface area contributed by atoms with E-state index in [9.17, 15) is 4.39 Å². The van der Waals surface area contributed by atoms with Gasteiger partial charge in [-0.15, -0.1) is 0 Å². The van der Waals surface area contributed by atoms with Gasteiger partial charge >= 0.3 is 0 Å². The maximum absolute atomic E-state index is 13.6. The maximum atomic E-state index is 13.6. The summed E-state index contributed by atoms with van der Waals surface area (Å²) < 4.78 is 27.1. The van der Waals surface area contributed by atoms with Gasteiger partial charge in [0.15, 0.2) is 0 Å². The average Bonchev–Trinajstić information content (AvgIpc) is 3.58. The first kappa shape index (κ1) is 19.9. The van der Waals surface area contributed by atoms with Crippen molar-refractivity contribution < 1.29 is 13.9 Å². The molecule has 170 valence electrons. The number of nitrogens with zero attached hydrogens (tertiary/aromatic N) is 3. The van der Waals surface area contributed by atoms with Gasteiger partial charge in [-0.2, -0.15) is 4.98 Å². The Bertz CT molecular complexity index is 1490. The van der Waals surface area contributed by atoms with Gasteiger partial charge in [-0.05, 0) is 29.8 Å². The first-order chi connectivity index (χ1) is 16.7. The molecule has 4 aromatic rings. The first-order valence-electron chi connectivity index (χ1n) is 11.2. The molecule has 3 aromatic heterocycles. The van der Waals surface area contributed by atoms with E-state index in [4.69, 9.17) is 26.7 Å². The lowest BCUT2D eigenvalue weighted by molar-refractivity contribution is 0.164. The third-order valence-corrected chi connectivity index (χ3v) is 7.25. The number of halogens is 1. The number of anilines is 2. The summed E-state index contributed by atoms with van der Waals surface area (Å²) in [6.07, 6.45) is 3.46. The van der Waals surface area contributed by atoms with Crippen LogP contribution in [0.1, 0.15) is 22.6 Å². The number of rotatable bonds is 3. The van der Waals surface area contributed by atoms with Crippen molar-refractivity contribution in [3.05, 3.63) is 71.3 Å². The van der Waals surface area contributed by atoms with Crippen molar-refractivity contribution in [2.45, 2.75) is 12.5 Å². The SMILES string of the molecule is Fc1ccn2c(-c3ccc(Nc4ccc5c(n4)OC[C@H]4COC[C@@H]54)c4c3CNC4=S)cnc2c1. The molecule has 7 rings (SSSR count). The fourth-order valence-corrected chi connectivity index (χ4v) is 5.50. The molecule has 0 saturated carbocycles. The summed E-state index contributed by atoms with van der Waals surface area (Å²) in [6.45, 7) is 2.71. The molecule has 3 aliphatic rings. The summed E-state index contributed by atoms with van der Waals surface area (Å²) in [6, 6.07) is 11.0. The summed E-state index contributed by atoms with van der Waals surface area (Å²) in [5.74, 6) is 1.82. The van der Waals surface area contributed by atoms with Crippen molar-refractivity contribution in [2.24, 2.45) is 5.92 Å². The quantitative estimate of drug-likeness (QED) is 0.433. The van der Waals surface area contributed by atoms with Crippen LogP contribution in [0.15, 0.2) is 48.8 Å². The van der Waals surface area contributed by atoms with E-state index in [0.29, 0.717) is 47.3 Å². The van der Waals surface area contributed by atoms with E-state index < -0.39 is 0 Å². The molecule has 0 aliphatic carbocycles. The summed E-state index contributed by atoms with van der Waals surface area (Å²) in [7, 11) is 0. The first-order valence-corrected chi connectivity index (χ1v) is 11.6. The van der Waals surface area contributed by atoms with Crippen molar-refractivity contribution in [3.8, 4) is 17.1 Å². The molecular weight excluding hydrogens is 453 g/mol. The van der Waals surface area contributed by atoms with Crippen LogP contribution < -0.4 is 15.4 Å². The third kappa shape index (κ3) is 3.00. The van der Waals surface area contributed by atoms with Gasteiger partial charge in [0.25, 0.3) is 0 Å². The Balaban J connectivity index is 1.27. The van der Waals surface area contributed by atoms with Crippen molar-refractivity contribution in [1.29, 1.82) is 0 Å². The topological polar surface area (TPSA) is 72.7 Å². The number of hydrogen-bond donors (Lipinski definition) is 2. The van der Waals surface area contributed by atoms with Gasteiger partial charge in [0.2, 0.25) is 5.88 Å². The lowest BCUT2D eigenvalue weighted by Gasteiger charge is -2.26. The smallest absolute Gasteiger partial charge is 0.218 e. The molecule has 1 saturated heterocycles. The van der Waals surface area contributed by atoms with E-state index >= 15 is 0 Å². The van der Waals surface area contributed by atoms with Crippen molar-refractivity contribution >= 4 is 34.4 Å². The van der Waals surface area contributed by atoms with Gasteiger partial charge < -0.3 is 20.1 Å². The van der Waals surface area contributed by atoms with Gasteiger partial charge in [-0.25, -0.2) is 9.37 Å². The fourth-order valence-electron chi connectivity index (χ4n) is 5.20. The summed E-state index contributed by atoms with van der Waals surface area (Å²) in [4.78, 5) is 9.79. The predicted octanol–water partition coefficient (Wildman–Crippen LogP) is 4.18. The molecule has 2 N–H and O–H groups in total. The number of thiocarbonyl (C=S) groups is 1. The number of ether oxygens (including phenoxy) is 2. The lowest BCUT2D eigenvalue weighted by atomic mass is 9.88. The van der Waals surface area contributed by atoms with Crippen LogP contribution in [-0.2, 0) is 11.3 Å². The zero-order valence-electron chi connectivity index (χ0n) is 18.0. The summed E-state index contributed by atoms with van der Waals surface area (Å²) >= 11 is 5.65. The minimum absolute atomic E-state index is 0.310. The van der Waals surface area contributed by atoms with Gasteiger partial charge in [-0.1, -0.05) is 18.3 Å². The van der Waals surface area contributed by atoms with Gasteiger partial charge in [0.1, 0.15) is 22.3 Å². The average molecular weight is 474 g/mol. The van der Waals surface area contributed by atoms with E-state index in [1.807, 2.05) is 22.6 Å². The molecule has 0 radical (unpaired) electrons. The van der Waals surface area contributed by atoms with Gasteiger partial charge in [0.05, 0.1) is 37.4 Å². The lowest BCUT2D eigenvalue weighted by Crippen LogP contribution is -2.25. The Morgan fingerprint density at radius 1 is 1.15 bits per heavy atom. The minimum atomic E-state index is -0.310. The molecule has 0 spiro atoms.